The van der Waals surface area contributed by atoms with E-state index in [4.69, 9.17) is 11.6 Å². The minimum atomic E-state index is 0.463. The summed E-state index contributed by atoms with van der Waals surface area (Å²) in [6.07, 6.45) is 9.33. The van der Waals surface area contributed by atoms with Crippen LogP contribution < -0.4 is 5.32 Å². The van der Waals surface area contributed by atoms with Crippen molar-refractivity contribution in [3.63, 3.8) is 0 Å². The van der Waals surface area contributed by atoms with Gasteiger partial charge in [0, 0.05) is 15.4 Å². The van der Waals surface area contributed by atoms with Gasteiger partial charge in [-0.15, -0.1) is 11.3 Å². The second-order valence-electron chi connectivity index (χ2n) is 4.94. The van der Waals surface area contributed by atoms with Gasteiger partial charge in [0.2, 0.25) is 0 Å². The monoisotopic (exact) mass is 365 g/mol. The van der Waals surface area contributed by atoms with Crippen LogP contribution in [0.2, 0.25) is 4.34 Å². The molecule has 1 rings (SSSR count). The molecule has 0 saturated carbocycles. The van der Waals surface area contributed by atoms with E-state index in [-0.39, 0.29) is 0 Å². The van der Waals surface area contributed by atoms with Crippen LogP contribution in [0.3, 0.4) is 0 Å². The van der Waals surface area contributed by atoms with Crippen molar-refractivity contribution in [2.45, 2.75) is 64.8 Å². The normalized spacial score (nSPS) is 12.8. The van der Waals surface area contributed by atoms with Crippen LogP contribution in [0.1, 0.15) is 69.7 Å². The van der Waals surface area contributed by atoms with E-state index in [1.165, 1.54) is 49.8 Å². The fraction of sp³-hybridized carbons (Fsp3) is 0.733. The molecular weight excluding hydrogens is 342 g/mol. The molecule has 0 aliphatic heterocycles. The fourth-order valence-corrected chi connectivity index (χ4v) is 4.10. The molecule has 0 saturated heterocycles. The Balaban J connectivity index is 2.36. The van der Waals surface area contributed by atoms with Gasteiger partial charge in [0.1, 0.15) is 4.34 Å². The first kappa shape index (κ1) is 17.5. The Morgan fingerprint density at radius 2 is 1.89 bits per heavy atom. The topological polar surface area (TPSA) is 12.0 Å². The average Bonchev–Trinajstić information content (AvgIpc) is 2.72. The van der Waals surface area contributed by atoms with Gasteiger partial charge in [-0.3, -0.25) is 0 Å². The number of nitrogens with one attached hydrogen (secondary N) is 1. The molecule has 1 atom stereocenters. The van der Waals surface area contributed by atoms with E-state index in [9.17, 15) is 0 Å². The molecule has 1 N–H and O–H groups in total. The molecule has 1 aromatic rings. The maximum atomic E-state index is 6.14. The van der Waals surface area contributed by atoms with Crippen LogP contribution in [-0.4, -0.2) is 6.54 Å². The molecule has 1 nitrogen and oxygen atoms in total. The van der Waals surface area contributed by atoms with Crippen molar-refractivity contribution in [2.75, 3.05) is 6.54 Å². The smallest absolute Gasteiger partial charge is 0.107 e. The molecule has 0 bridgehead atoms. The van der Waals surface area contributed by atoms with Crippen molar-refractivity contribution in [3.8, 4) is 0 Å². The van der Waals surface area contributed by atoms with Crippen LogP contribution in [0.15, 0.2) is 10.5 Å². The summed E-state index contributed by atoms with van der Waals surface area (Å²) in [5, 5.41) is 3.57. The summed E-state index contributed by atoms with van der Waals surface area (Å²) < 4.78 is 1.89. The van der Waals surface area contributed by atoms with Crippen molar-refractivity contribution < 1.29 is 0 Å². The third-order valence-corrected chi connectivity index (χ3v) is 5.89. The predicted octanol–water partition coefficient (Wildman–Crippen LogP) is 6.57. The van der Waals surface area contributed by atoms with E-state index < -0.39 is 0 Å². The molecule has 0 fully saturated rings. The summed E-state index contributed by atoms with van der Waals surface area (Å²) in [5.41, 5.74) is 0. The number of rotatable bonds is 10. The number of hydrogen-bond acceptors (Lipinski definition) is 2. The van der Waals surface area contributed by atoms with E-state index in [0.717, 1.165) is 15.4 Å². The predicted molar refractivity (Wildman–Crippen MR) is 91.4 cm³/mol. The molecule has 1 aromatic heterocycles. The molecule has 0 aromatic carbocycles. The Morgan fingerprint density at radius 3 is 2.47 bits per heavy atom. The summed E-state index contributed by atoms with van der Waals surface area (Å²) in [7, 11) is 0. The lowest BCUT2D eigenvalue weighted by Crippen LogP contribution is -2.19. The molecule has 0 amide bonds. The number of hydrogen-bond donors (Lipinski definition) is 1. The second-order valence-corrected chi connectivity index (χ2v) is 7.48. The highest BCUT2D eigenvalue weighted by Gasteiger charge is 2.14. The Morgan fingerprint density at radius 1 is 1.21 bits per heavy atom. The maximum Gasteiger partial charge on any atom is 0.107 e. The van der Waals surface area contributed by atoms with Gasteiger partial charge >= 0.3 is 0 Å². The molecule has 110 valence electrons. The largest absolute Gasteiger partial charge is 0.310 e. The van der Waals surface area contributed by atoms with Crippen molar-refractivity contribution in [3.05, 3.63) is 19.8 Å². The molecule has 0 spiro atoms. The van der Waals surface area contributed by atoms with Gasteiger partial charge < -0.3 is 5.32 Å². The maximum absolute atomic E-state index is 6.14. The zero-order valence-electron chi connectivity index (χ0n) is 12.0. The van der Waals surface area contributed by atoms with Gasteiger partial charge in [0.25, 0.3) is 0 Å². The van der Waals surface area contributed by atoms with E-state index in [1.54, 1.807) is 11.3 Å². The lowest BCUT2D eigenvalue weighted by atomic mass is 10.0. The highest BCUT2D eigenvalue weighted by atomic mass is 79.9. The summed E-state index contributed by atoms with van der Waals surface area (Å²) in [6, 6.07) is 2.63. The van der Waals surface area contributed by atoms with Crippen LogP contribution in [0.25, 0.3) is 0 Å². The molecule has 0 radical (unpaired) electrons. The summed E-state index contributed by atoms with van der Waals surface area (Å²) >= 11 is 11.3. The fourth-order valence-electron chi connectivity index (χ4n) is 2.26. The minimum absolute atomic E-state index is 0.463. The lowest BCUT2D eigenvalue weighted by Gasteiger charge is -2.16. The van der Waals surface area contributed by atoms with Crippen LogP contribution in [0.4, 0.5) is 0 Å². The first-order valence-electron chi connectivity index (χ1n) is 7.37. The third-order valence-electron chi connectivity index (χ3n) is 3.30. The van der Waals surface area contributed by atoms with Crippen molar-refractivity contribution in [1.82, 2.24) is 5.32 Å². The van der Waals surface area contributed by atoms with Gasteiger partial charge in [-0.1, -0.05) is 64.0 Å². The highest BCUT2D eigenvalue weighted by molar-refractivity contribution is 9.10. The first-order valence-corrected chi connectivity index (χ1v) is 9.35. The Bertz CT molecular complexity index is 334. The van der Waals surface area contributed by atoms with Gasteiger partial charge in [-0.2, -0.15) is 0 Å². The SMILES string of the molecule is CCCCCCCCC(NCC)c1cc(Br)c(Cl)s1. The zero-order valence-corrected chi connectivity index (χ0v) is 15.1. The molecule has 19 heavy (non-hydrogen) atoms. The van der Waals surface area contributed by atoms with Gasteiger partial charge in [-0.25, -0.2) is 0 Å². The Labute approximate surface area is 135 Å². The second kappa shape index (κ2) is 10.2. The van der Waals surface area contributed by atoms with E-state index in [2.05, 4.69) is 41.2 Å². The van der Waals surface area contributed by atoms with Gasteiger partial charge in [0.05, 0.1) is 0 Å². The number of halogens is 2. The lowest BCUT2D eigenvalue weighted by molar-refractivity contribution is 0.482. The van der Waals surface area contributed by atoms with Gasteiger partial charge in [0.15, 0.2) is 0 Å². The zero-order chi connectivity index (χ0) is 14.1. The summed E-state index contributed by atoms with van der Waals surface area (Å²) in [6.45, 7) is 5.44. The number of unbranched alkanes of at least 4 members (excludes halogenated alkanes) is 5. The van der Waals surface area contributed by atoms with Gasteiger partial charge in [-0.05, 0) is 35.0 Å². The van der Waals surface area contributed by atoms with E-state index in [0.29, 0.717) is 6.04 Å². The third kappa shape index (κ3) is 6.61. The van der Waals surface area contributed by atoms with Crippen LogP contribution in [-0.2, 0) is 0 Å². The van der Waals surface area contributed by atoms with E-state index >= 15 is 0 Å². The Kier molecular flexibility index (Phi) is 9.38. The molecule has 0 aliphatic rings. The standard InChI is InChI=1S/C15H25BrClNS/c1-3-5-6-7-8-9-10-13(18-4-2)14-11-12(16)15(17)19-14/h11,13,18H,3-10H2,1-2H3. The molecule has 4 heteroatoms. The first-order chi connectivity index (χ1) is 9.19. The molecule has 1 heterocycles. The summed E-state index contributed by atoms with van der Waals surface area (Å²) in [4.78, 5) is 1.35. The molecule has 0 aliphatic carbocycles. The number of thiophene rings is 1. The van der Waals surface area contributed by atoms with E-state index in [1.807, 2.05) is 0 Å². The average molecular weight is 367 g/mol. The summed E-state index contributed by atoms with van der Waals surface area (Å²) in [5.74, 6) is 0. The quantitative estimate of drug-likeness (QED) is 0.462. The van der Waals surface area contributed by atoms with Crippen molar-refractivity contribution >= 4 is 38.9 Å². The van der Waals surface area contributed by atoms with Crippen LogP contribution >= 0.6 is 38.9 Å². The molecular formula is C15H25BrClNS. The minimum Gasteiger partial charge on any atom is -0.310 e. The Hall–Kier alpha value is 0.430. The van der Waals surface area contributed by atoms with Crippen molar-refractivity contribution in [2.24, 2.45) is 0 Å². The van der Waals surface area contributed by atoms with Crippen molar-refractivity contribution in [1.29, 1.82) is 0 Å². The highest BCUT2D eigenvalue weighted by Crippen LogP contribution is 2.36. The van der Waals surface area contributed by atoms with Crippen LogP contribution in [0, 0.1) is 0 Å². The molecule has 1 unspecified atom stereocenters. The van der Waals surface area contributed by atoms with Crippen LogP contribution in [0.5, 0.6) is 0 Å².